The lowest BCUT2D eigenvalue weighted by Crippen LogP contribution is -2.34. The predicted octanol–water partition coefficient (Wildman–Crippen LogP) is 2.62. The molecule has 0 amide bonds. The van der Waals surface area contributed by atoms with Gasteiger partial charge in [-0.2, -0.15) is 4.98 Å². The molecule has 4 rings (SSSR count). The van der Waals surface area contributed by atoms with Gasteiger partial charge in [-0.3, -0.25) is 9.36 Å². The van der Waals surface area contributed by atoms with Crippen LogP contribution in [0.2, 0.25) is 0 Å². The second kappa shape index (κ2) is 7.37. The molecule has 1 aliphatic rings. The van der Waals surface area contributed by atoms with Crippen molar-refractivity contribution in [1.29, 1.82) is 0 Å². The van der Waals surface area contributed by atoms with Crippen LogP contribution >= 0.6 is 0 Å². The minimum Gasteiger partial charge on any atom is -0.339 e. The lowest BCUT2D eigenvalue weighted by Gasteiger charge is -2.14. The summed E-state index contributed by atoms with van der Waals surface area (Å²) in [6.07, 6.45) is 6.38. The number of aromatic nitrogens is 4. The lowest BCUT2D eigenvalue weighted by atomic mass is 10.1. The number of fused-ring (bicyclic) bond motifs is 1. The average Bonchev–Trinajstić information content (AvgIpc) is 3.34. The zero-order chi connectivity index (χ0) is 17.9. The molecular formula is C19H23N5O2. The highest BCUT2D eigenvalue weighted by molar-refractivity contribution is 5.76. The van der Waals surface area contributed by atoms with E-state index in [0.717, 1.165) is 24.2 Å². The van der Waals surface area contributed by atoms with Crippen LogP contribution in [-0.2, 0) is 13.1 Å². The minimum atomic E-state index is -0.0210. The Morgan fingerprint density at radius 1 is 1.31 bits per heavy atom. The molecule has 1 atom stereocenters. The molecule has 1 aromatic carbocycles. The van der Waals surface area contributed by atoms with Crippen molar-refractivity contribution in [3.8, 4) is 0 Å². The predicted molar refractivity (Wildman–Crippen MR) is 97.8 cm³/mol. The summed E-state index contributed by atoms with van der Waals surface area (Å²) in [4.78, 5) is 21.4. The van der Waals surface area contributed by atoms with Gasteiger partial charge < -0.3 is 9.84 Å². The van der Waals surface area contributed by atoms with Gasteiger partial charge in [0.2, 0.25) is 5.89 Å². The SMILES string of the molecule is CC(Cn1cnc2ccccc2c1=O)NCc1noc(C2CCCC2)n1. The number of para-hydroxylation sites is 1. The van der Waals surface area contributed by atoms with Gasteiger partial charge in [0, 0.05) is 18.5 Å². The third kappa shape index (κ3) is 3.53. The molecule has 0 saturated heterocycles. The summed E-state index contributed by atoms with van der Waals surface area (Å²) < 4.78 is 7.04. The van der Waals surface area contributed by atoms with Crippen molar-refractivity contribution in [3.63, 3.8) is 0 Å². The van der Waals surface area contributed by atoms with Gasteiger partial charge in [-0.15, -0.1) is 0 Å². The molecule has 0 aliphatic heterocycles. The summed E-state index contributed by atoms with van der Waals surface area (Å²) in [5.41, 5.74) is 0.702. The summed E-state index contributed by atoms with van der Waals surface area (Å²) >= 11 is 0. The molecule has 0 bridgehead atoms. The molecule has 7 nitrogen and oxygen atoms in total. The quantitative estimate of drug-likeness (QED) is 0.733. The Hall–Kier alpha value is -2.54. The van der Waals surface area contributed by atoms with Gasteiger partial charge in [0.25, 0.3) is 5.56 Å². The highest BCUT2D eigenvalue weighted by Crippen LogP contribution is 2.32. The van der Waals surface area contributed by atoms with Crippen LogP contribution in [0, 0.1) is 0 Å². The first-order valence-electron chi connectivity index (χ1n) is 9.21. The molecule has 1 aliphatic carbocycles. The Morgan fingerprint density at radius 2 is 2.12 bits per heavy atom. The van der Waals surface area contributed by atoms with Crippen LogP contribution in [-0.4, -0.2) is 25.7 Å². The molecule has 0 radical (unpaired) electrons. The molecule has 26 heavy (non-hydrogen) atoms. The Kier molecular flexibility index (Phi) is 4.79. The van der Waals surface area contributed by atoms with Crippen molar-refractivity contribution in [1.82, 2.24) is 25.0 Å². The summed E-state index contributed by atoms with van der Waals surface area (Å²) in [6.45, 7) is 3.08. The number of hydrogen-bond donors (Lipinski definition) is 1. The van der Waals surface area contributed by atoms with Crippen molar-refractivity contribution in [3.05, 3.63) is 52.7 Å². The number of benzene rings is 1. The Balaban J connectivity index is 1.37. The fraction of sp³-hybridized carbons (Fsp3) is 0.474. The first kappa shape index (κ1) is 16.9. The van der Waals surface area contributed by atoms with Crippen LogP contribution in [0.15, 0.2) is 39.9 Å². The topological polar surface area (TPSA) is 85.8 Å². The molecule has 1 N–H and O–H groups in total. The Morgan fingerprint density at radius 3 is 2.96 bits per heavy atom. The molecular weight excluding hydrogens is 330 g/mol. The van der Waals surface area contributed by atoms with E-state index < -0.39 is 0 Å². The average molecular weight is 353 g/mol. The van der Waals surface area contributed by atoms with Crippen molar-refractivity contribution in [2.75, 3.05) is 0 Å². The fourth-order valence-corrected chi connectivity index (χ4v) is 3.54. The molecule has 3 aromatic rings. The van der Waals surface area contributed by atoms with Crippen molar-refractivity contribution in [2.24, 2.45) is 0 Å². The van der Waals surface area contributed by atoms with E-state index in [0.29, 0.717) is 30.2 Å². The van der Waals surface area contributed by atoms with E-state index in [1.807, 2.05) is 31.2 Å². The standard InChI is InChI=1S/C19H23N5O2/c1-13(11-24-12-21-16-9-5-4-8-15(16)19(24)25)20-10-17-22-18(26-23-17)14-6-2-3-7-14/h4-5,8-9,12-14,20H,2-3,6-7,10-11H2,1H3. The molecule has 1 unspecified atom stereocenters. The number of rotatable bonds is 6. The van der Waals surface area contributed by atoms with Crippen molar-refractivity contribution >= 4 is 10.9 Å². The first-order chi connectivity index (χ1) is 12.7. The van der Waals surface area contributed by atoms with Crippen molar-refractivity contribution in [2.45, 2.75) is 57.7 Å². The highest BCUT2D eigenvalue weighted by Gasteiger charge is 2.22. The van der Waals surface area contributed by atoms with Gasteiger partial charge in [-0.25, -0.2) is 4.98 Å². The summed E-state index contributed by atoms with van der Waals surface area (Å²) in [7, 11) is 0. The molecule has 136 valence electrons. The van der Waals surface area contributed by atoms with E-state index in [9.17, 15) is 4.79 Å². The summed E-state index contributed by atoms with van der Waals surface area (Å²) in [6, 6.07) is 7.47. The highest BCUT2D eigenvalue weighted by atomic mass is 16.5. The lowest BCUT2D eigenvalue weighted by molar-refractivity contribution is 0.347. The Labute approximate surface area is 151 Å². The van der Waals surface area contributed by atoms with Crippen LogP contribution in [0.4, 0.5) is 0 Å². The maximum absolute atomic E-state index is 12.5. The van der Waals surface area contributed by atoms with Gasteiger partial charge in [0.15, 0.2) is 5.82 Å². The van der Waals surface area contributed by atoms with E-state index >= 15 is 0 Å². The van der Waals surface area contributed by atoms with E-state index in [1.165, 1.54) is 12.8 Å². The second-order valence-corrected chi connectivity index (χ2v) is 7.03. The maximum atomic E-state index is 12.5. The third-order valence-electron chi connectivity index (χ3n) is 5.00. The number of nitrogens with one attached hydrogen (secondary N) is 1. The van der Waals surface area contributed by atoms with E-state index in [-0.39, 0.29) is 11.6 Å². The number of nitrogens with zero attached hydrogens (tertiary/aromatic N) is 4. The van der Waals surface area contributed by atoms with Gasteiger partial charge in [-0.1, -0.05) is 30.1 Å². The normalized spacial score (nSPS) is 16.3. The van der Waals surface area contributed by atoms with Gasteiger partial charge >= 0.3 is 0 Å². The summed E-state index contributed by atoms with van der Waals surface area (Å²) in [5.74, 6) is 1.86. The number of hydrogen-bond acceptors (Lipinski definition) is 6. The van der Waals surface area contributed by atoms with Gasteiger partial charge in [0.05, 0.1) is 23.8 Å². The third-order valence-corrected chi connectivity index (χ3v) is 5.00. The largest absolute Gasteiger partial charge is 0.339 e. The minimum absolute atomic E-state index is 0.0210. The van der Waals surface area contributed by atoms with Crippen molar-refractivity contribution < 1.29 is 4.52 Å². The molecule has 2 aromatic heterocycles. The van der Waals surface area contributed by atoms with Crippen LogP contribution < -0.4 is 10.9 Å². The van der Waals surface area contributed by atoms with Crippen LogP contribution in [0.3, 0.4) is 0 Å². The van der Waals surface area contributed by atoms with E-state index in [4.69, 9.17) is 4.52 Å². The van der Waals surface area contributed by atoms with Gasteiger partial charge in [0.1, 0.15) is 0 Å². The zero-order valence-electron chi connectivity index (χ0n) is 14.9. The van der Waals surface area contributed by atoms with Gasteiger partial charge in [-0.05, 0) is 31.9 Å². The first-order valence-corrected chi connectivity index (χ1v) is 9.21. The second-order valence-electron chi connectivity index (χ2n) is 7.03. The molecule has 2 heterocycles. The van der Waals surface area contributed by atoms with E-state index in [1.54, 1.807) is 10.9 Å². The molecule has 7 heteroatoms. The maximum Gasteiger partial charge on any atom is 0.261 e. The molecule has 1 fully saturated rings. The molecule has 1 saturated carbocycles. The summed E-state index contributed by atoms with van der Waals surface area (Å²) in [5, 5.41) is 8.06. The Bertz CT molecular complexity index is 942. The van der Waals surface area contributed by atoms with E-state index in [2.05, 4.69) is 20.4 Å². The van der Waals surface area contributed by atoms with Crippen LogP contribution in [0.5, 0.6) is 0 Å². The monoisotopic (exact) mass is 353 g/mol. The molecule has 0 spiro atoms. The zero-order valence-corrected chi connectivity index (χ0v) is 14.9. The smallest absolute Gasteiger partial charge is 0.261 e. The van der Waals surface area contributed by atoms with Crippen LogP contribution in [0.1, 0.15) is 50.2 Å². The fourth-order valence-electron chi connectivity index (χ4n) is 3.54. The van der Waals surface area contributed by atoms with Crippen LogP contribution in [0.25, 0.3) is 10.9 Å².